The van der Waals surface area contributed by atoms with Gasteiger partial charge in [-0.2, -0.15) is 0 Å². The van der Waals surface area contributed by atoms with Gasteiger partial charge >= 0.3 is 7.82 Å². The topological polar surface area (TPSA) is 87.0 Å². The molecule has 3 N–H and O–H groups in total. The van der Waals surface area contributed by atoms with E-state index in [1.54, 1.807) is 44.2 Å². The van der Waals surface area contributed by atoms with Crippen LogP contribution < -0.4 is 4.52 Å². The van der Waals surface area contributed by atoms with E-state index >= 15 is 0 Å². The van der Waals surface area contributed by atoms with Crippen molar-refractivity contribution in [2.45, 2.75) is 13.8 Å². The van der Waals surface area contributed by atoms with Gasteiger partial charge in [-0.1, -0.05) is 24.3 Å². The maximum Gasteiger partial charge on any atom is 0.524 e. The molecule has 0 bridgehead atoms. The number of phenols is 1. The highest BCUT2D eigenvalue weighted by molar-refractivity contribution is 7.46. The van der Waals surface area contributed by atoms with Gasteiger partial charge in [0.1, 0.15) is 11.5 Å². The molecule has 0 amide bonds. The van der Waals surface area contributed by atoms with E-state index in [2.05, 4.69) is 0 Å². The van der Waals surface area contributed by atoms with Crippen molar-refractivity contribution in [3.8, 4) is 22.6 Å². The highest BCUT2D eigenvalue weighted by Gasteiger charge is 2.20. The van der Waals surface area contributed by atoms with Crippen LogP contribution in [-0.2, 0) is 4.57 Å². The second-order valence-corrected chi connectivity index (χ2v) is 5.68. The first-order valence-electron chi connectivity index (χ1n) is 5.92. The molecule has 20 heavy (non-hydrogen) atoms. The molecule has 0 heterocycles. The largest absolute Gasteiger partial charge is 0.524 e. The summed E-state index contributed by atoms with van der Waals surface area (Å²) in [6.07, 6.45) is 0. The van der Waals surface area contributed by atoms with E-state index in [1.165, 1.54) is 0 Å². The molecule has 0 aliphatic heterocycles. The third kappa shape index (κ3) is 3.20. The summed E-state index contributed by atoms with van der Waals surface area (Å²) in [6.45, 7) is 3.43. The Labute approximate surface area is 116 Å². The molecule has 6 heteroatoms. The van der Waals surface area contributed by atoms with Crippen molar-refractivity contribution < 1.29 is 24.0 Å². The van der Waals surface area contributed by atoms with Crippen molar-refractivity contribution in [3.05, 3.63) is 47.5 Å². The Hall–Kier alpha value is -1.81. The Kier molecular flexibility index (Phi) is 3.86. The smallest absolute Gasteiger partial charge is 0.508 e. The Morgan fingerprint density at radius 1 is 1.10 bits per heavy atom. The van der Waals surface area contributed by atoms with E-state index in [0.717, 1.165) is 11.1 Å². The molecule has 0 radical (unpaired) electrons. The van der Waals surface area contributed by atoms with E-state index in [0.29, 0.717) is 11.1 Å². The van der Waals surface area contributed by atoms with Crippen molar-refractivity contribution in [2.24, 2.45) is 0 Å². The van der Waals surface area contributed by atoms with E-state index in [9.17, 15) is 9.67 Å². The normalized spacial score (nSPS) is 11.4. The lowest BCUT2D eigenvalue weighted by atomic mass is 9.97. The number of aromatic hydroxyl groups is 1. The summed E-state index contributed by atoms with van der Waals surface area (Å²) in [4.78, 5) is 17.9. The van der Waals surface area contributed by atoms with Gasteiger partial charge in [-0.3, -0.25) is 9.79 Å². The number of phosphoric acid groups is 1. The summed E-state index contributed by atoms with van der Waals surface area (Å²) in [5.74, 6) is 0.291. The predicted octanol–water partition coefficient (Wildman–Crippen LogP) is 3.15. The molecule has 0 saturated carbocycles. The van der Waals surface area contributed by atoms with Crippen molar-refractivity contribution >= 4 is 7.82 Å². The lowest BCUT2D eigenvalue weighted by molar-refractivity contribution is 0.282. The number of hydrogen-bond acceptors (Lipinski definition) is 3. The van der Waals surface area contributed by atoms with Crippen LogP contribution in [0.1, 0.15) is 11.1 Å². The maximum atomic E-state index is 11.0. The standard InChI is InChI=1S/C14H15O5P/c1-9-6-7-13(11-4-3-5-12(15)8-11)10(2)14(9)19-20(16,17)18/h3-8,15H,1-2H3,(H2,16,17,18). The number of aryl methyl sites for hydroxylation is 1. The number of phenolic OH excluding ortho intramolecular Hbond substituents is 1. The monoisotopic (exact) mass is 294 g/mol. The lowest BCUT2D eigenvalue weighted by Gasteiger charge is -2.16. The van der Waals surface area contributed by atoms with Crippen molar-refractivity contribution in [1.82, 2.24) is 0 Å². The molecule has 0 aliphatic rings. The van der Waals surface area contributed by atoms with Crippen LogP contribution in [0.5, 0.6) is 11.5 Å². The fraction of sp³-hybridized carbons (Fsp3) is 0.143. The van der Waals surface area contributed by atoms with E-state index in [4.69, 9.17) is 14.3 Å². The third-order valence-electron chi connectivity index (χ3n) is 2.97. The minimum Gasteiger partial charge on any atom is -0.508 e. The number of hydrogen-bond donors (Lipinski definition) is 3. The molecule has 2 aromatic rings. The van der Waals surface area contributed by atoms with Gasteiger partial charge in [0.25, 0.3) is 0 Å². The second-order valence-electron chi connectivity index (χ2n) is 4.52. The van der Waals surface area contributed by atoms with Crippen molar-refractivity contribution in [3.63, 3.8) is 0 Å². The molecule has 0 aromatic heterocycles. The third-order valence-corrected chi connectivity index (χ3v) is 3.39. The fourth-order valence-electron chi connectivity index (χ4n) is 2.07. The van der Waals surface area contributed by atoms with Gasteiger partial charge in [0.05, 0.1) is 0 Å². The zero-order valence-corrected chi connectivity index (χ0v) is 12.0. The van der Waals surface area contributed by atoms with Gasteiger partial charge in [-0.05, 0) is 48.2 Å². The molecule has 0 aliphatic carbocycles. The minimum atomic E-state index is -4.61. The average molecular weight is 294 g/mol. The van der Waals surface area contributed by atoms with Gasteiger partial charge in [-0.25, -0.2) is 4.57 Å². The first kappa shape index (κ1) is 14.6. The number of phosphoric ester groups is 1. The molecule has 106 valence electrons. The zero-order chi connectivity index (χ0) is 14.9. The summed E-state index contributed by atoms with van der Waals surface area (Å²) >= 11 is 0. The lowest BCUT2D eigenvalue weighted by Crippen LogP contribution is -1.97. The van der Waals surface area contributed by atoms with Gasteiger partial charge in [-0.15, -0.1) is 0 Å². The van der Waals surface area contributed by atoms with Gasteiger partial charge < -0.3 is 9.63 Å². The predicted molar refractivity (Wildman–Crippen MR) is 75.7 cm³/mol. The maximum absolute atomic E-state index is 11.0. The zero-order valence-electron chi connectivity index (χ0n) is 11.1. The second kappa shape index (κ2) is 5.29. The first-order chi connectivity index (χ1) is 9.28. The van der Waals surface area contributed by atoms with Crippen LogP contribution in [0.4, 0.5) is 0 Å². The highest BCUT2D eigenvalue weighted by atomic mass is 31.2. The molecule has 0 fully saturated rings. The van der Waals surface area contributed by atoms with E-state index in [1.807, 2.05) is 6.07 Å². The van der Waals surface area contributed by atoms with Crippen molar-refractivity contribution in [1.29, 1.82) is 0 Å². The number of benzene rings is 2. The van der Waals surface area contributed by atoms with Crippen LogP contribution >= 0.6 is 7.82 Å². The Morgan fingerprint density at radius 3 is 2.40 bits per heavy atom. The Balaban J connectivity index is 2.57. The molecule has 5 nitrogen and oxygen atoms in total. The molecule has 2 aromatic carbocycles. The van der Waals surface area contributed by atoms with Crippen molar-refractivity contribution in [2.75, 3.05) is 0 Å². The first-order valence-corrected chi connectivity index (χ1v) is 7.46. The van der Waals surface area contributed by atoms with Gasteiger partial charge in [0, 0.05) is 0 Å². The minimum absolute atomic E-state index is 0.125. The number of rotatable bonds is 3. The Bertz CT molecular complexity index is 690. The summed E-state index contributed by atoms with van der Waals surface area (Å²) in [7, 11) is -4.61. The fourth-order valence-corrected chi connectivity index (χ4v) is 2.59. The molecule has 0 spiro atoms. The summed E-state index contributed by atoms with van der Waals surface area (Å²) in [5.41, 5.74) is 2.74. The van der Waals surface area contributed by atoms with Crippen LogP contribution in [-0.4, -0.2) is 14.9 Å². The molecular formula is C14H15O5P. The van der Waals surface area contributed by atoms with Crippen LogP contribution in [0.3, 0.4) is 0 Å². The summed E-state index contributed by atoms with van der Waals surface area (Å²) < 4.78 is 15.8. The van der Waals surface area contributed by atoms with Crippen LogP contribution in [0.15, 0.2) is 36.4 Å². The summed E-state index contributed by atoms with van der Waals surface area (Å²) in [6, 6.07) is 10.2. The molecule has 0 atom stereocenters. The Morgan fingerprint density at radius 2 is 1.80 bits per heavy atom. The van der Waals surface area contributed by atoms with E-state index < -0.39 is 7.82 Å². The van der Waals surface area contributed by atoms with E-state index in [-0.39, 0.29) is 11.5 Å². The molecule has 0 saturated heterocycles. The molecule has 2 rings (SSSR count). The summed E-state index contributed by atoms with van der Waals surface area (Å²) in [5, 5.41) is 9.52. The molecular weight excluding hydrogens is 279 g/mol. The van der Waals surface area contributed by atoms with Gasteiger partial charge in [0.15, 0.2) is 0 Å². The average Bonchev–Trinajstić information content (AvgIpc) is 2.33. The molecule has 0 unspecified atom stereocenters. The quantitative estimate of drug-likeness (QED) is 0.757. The van der Waals surface area contributed by atoms with Crippen LogP contribution in [0, 0.1) is 13.8 Å². The highest BCUT2D eigenvalue weighted by Crippen LogP contribution is 2.43. The van der Waals surface area contributed by atoms with Crippen LogP contribution in [0.25, 0.3) is 11.1 Å². The van der Waals surface area contributed by atoms with Gasteiger partial charge in [0.2, 0.25) is 0 Å². The SMILES string of the molecule is Cc1ccc(-c2cccc(O)c2)c(C)c1OP(=O)(O)O. The van der Waals surface area contributed by atoms with Crippen LogP contribution in [0.2, 0.25) is 0 Å².